The predicted molar refractivity (Wildman–Crippen MR) is 68.4 cm³/mol. The van der Waals surface area contributed by atoms with Gasteiger partial charge in [0.25, 0.3) is 0 Å². The van der Waals surface area contributed by atoms with Crippen molar-refractivity contribution in [2.24, 2.45) is 0 Å². The van der Waals surface area contributed by atoms with Crippen LogP contribution in [0.5, 0.6) is 0 Å². The Morgan fingerprint density at radius 2 is 2.18 bits per heavy atom. The standard InChI is InChI=1S/C12H12Cl2N2O/c1-8-15-4-5-16(8)7-12(17)10-3-2-9(13)6-11(10)14/h2-6,12,17H,7H2,1H3. The fraction of sp³-hybridized carbons (Fsp3) is 0.250. The smallest absolute Gasteiger partial charge is 0.105 e. The second-order valence-corrected chi connectivity index (χ2v) is 4.65. The normalized spacial score (nSPS) is 12.7. The van der Waals surface area contributed by atoms with Crippen molar-refractivity contribution in [3.05, 3.63) is 52.0 Å². The molecule has 0 saturated heterocycles. The molecule has 0 spiro atoms. The average Bonchev–Trinajstić information content (AvgIpc) is 2.64. The van der Waals surface area contributed by atoms with Crippen molar-refractivity contribution in [1.29, 1.82) is 0 Å². The van der Waals surface area contributed by atoms with E-state index in [-0.39, 0.29) is 0 Å². The molecule has 3 nitrogen and oxygen atoms in total. The minimum absolute atomic E-state index is 0.424. The summed E-state index contributed by atoms with van der Waals surface area (Å²) in [5.74, 6) is 0.856. The molecule has 0 amide bonds. The first-order valence-electron chi connectivity index (χ1n) is 5.18. The number of hydrogen-bond acceptors (Lipinski definition) is 2. The molecular formula is C12H12Cl2N2O. The van der Waals surface area contributed by atoms with Crippen LogP contribution in [0, 0.1) is 6.92 Å². The summed E-state index contributed by atoms with van der Waals surface area (Å²) in [6.07, 6.45) is 2.85. The van der Waals surface area contributed by atoms with Crippen molar-refractivity contribution in [1.82, 2.24) is 9.55 Å². The molecule has 2 rings (SSSR count). The van der Waals surface area contributed by atoms with Crippen LogP contribution in [0.15, 0.2) is 30.6 Å². The van der Waals surface area contributed by atoms with Gasteiger partial charge in [-0.25, -0.2) is 4.98 Å². The minimum Gasteiger partial charge on any atom is -0.386 e. The van der Waals surface area contributed by atoms with Gasteiger partial charge in [-0.15, -0.1) is 0 Å². The monoisotopic (exact) mass is 270 g/mol. The van der Waals surface area contributed by atoms with E-state index in [4.69, 9.17) is 23.2 Å². The highest BCUT2D eigenvalue weighted by Gasteiger charge is 2.13. The number of hydrogen-bond donors (Lipinski definition) is 1. The van der Waals surface area contributed by atoms with Crippen LogP contribution in [0.25, 0.3) is 0 Å². The summed E-state index contributed by atoms with van der Waals surface area (Å²) >= 11 is 11.8. The third-order valence-electron chi connectivity index (χ3n) is 2.61. The van der Waals surface area contributed by atoms with Crippen molar-refractivity contribution in [2.45, 2.75) is 19.6 Å². The van der Waals surface area contributed by atoms with E-state index in [9.17, 15) is 5.11 Å². The van der Waals surface area contributed by atoms with Gasteiger partial charge in [-0.3, -0.25) is 0 Å². The van der Waals surface area contributed by atoms with E-state index in [2.05, 4.69) is 4.98 Å². The third-order valence-corrected chi connectivity index (χ3v) is 3.18. The lowest BCUT2D eigenvalue weighted by molar-refractivity contribution is 0.155. The Bertz CT molecular complexity index is 525. The highest BCUT2D eigenvalue weighted by Crippen LogP contribution is 2.27. The zero-order valence-electron chi connectivity index (χ0n) is 9.27. The Morgan fingerprint density at radius 1 is 1.41 bits per heavy atom. The molecule has 5 heteroatoms. The van der Waals surface area contributed by atoms with Crippen LogP contribution >= 0.6 is 23.2 Å². The first kappa shape index (κ1) is 12.4. The van der Waals surface area contributed by atoms with E-state index in [1.807, 2.05) is 17.7 Å². The summed E-state index contributed by atoms with van der Waals surface area (Å²) in [6.45, 7) is 2.31. The number of aromatic nitrogens is 2. The number of aliphatic hydroxyl groups excluding tert-OH is 1. The molecule has 0 saturated carbocycles. The molecule has 90 valence electrons. The molecule has 1 atom stereocenters. The van der Waals surface area contributed by atoms with Gasteiger partial charge in [0.2, 0.25) is 0 Å². The quantitative estimate of drug-likeness (QED) is 0.930. The largest absolute Gasteiger partial charge is 0.386 e. The van der Waals surface area contributed by atoms with Gasteiger partial charge in [-0.2, -0.15) is 0 Å². The Morgan fingerprint density at radius 3 is 2.76 bits per heavy atom. The molecule has 17 heavy (non-hydrogen) atoms. The topological polar surface area (TPSA) is 38.0 Å². The number of nitrogens with zero attached hydrogens (tertiary/aromatic N) is 2. The molecule has 0 bridgehead atoms. The minimum atomic E-state index is -0.673. The summed E-state index contributed by atoms with van der Waals surface area (Å²) in [5, 5.41) is 11.1. The Balaban J connectivity index is 2.20. The van der Waals surface area contributed by atoms with Crippen LogP contribution < -0.4 is 0 Å². The van der Waals surface area contributed by atoms with E-state index in [0.717, 1.165) is 5.82 Å². The van der Waals surface area contributed by atoms with Crippen LogP contribution in [-0.2, 0) is 6.54 Å². The molecule has 0 fully saturated rings. The van der Waals surface area contributed by atoms with E-state index >= 15 is 0 Å². The van der Waals surface area contributed by atoms with Crippen LogP contribution in [-0.4, -0.2) is 14.7 Å². The first-order valence-corrected chi connectivity index (χ1v) is 5.94. The van der Waals surface area contributed by atoms with Crippen molar-refractivity contribution < 1.29 is 5.11 Å². The van der Waals surface area contributed by atoms with Crippen LogP contribution in [0.2, 0.25) is 10.0 Å². The molecule has 1 unspecified atom stereocenters. The molecular weight excluding hydrogens is 259 g/mol. The van der Waals surface area contributed by atoms with Gasteiger partial charge in [0.05, 0.1) is 12.6 Å². The second kappa shape index (κ2) is 5.08. The summed E-state index contributed by atoms with van der Waals surface area (Å²) in [6, 6.07) is 5.08. The highest BCUT2D eigenvalue weighted by molar-refractivity contribution is 6.35. The van der Waals surface area contributed by atoms with Gasteiger partial charge >= 0.3 is 0 Å². The van der Waals surface area contributed by atoms with Gasteiger partial charge < -0.3 is 9.67 Å². The molecule has 0 aliphatic heterocycles. The molecule has 1 N–H and O–H groups in total. The Hall–Kier alpha value is -1.03. The number of aryl methyl sites for hydroxylation is 1. The lowest BCUT2D eigenvalue weighted by Crippen LogP contribution is -2.09. The van der Waals surface area contributed by atoms with Crippen LogP contribution in [0.4, 0.5) is 0 Å². The van der Waals surface area contributed by atoms with Crippen molar-refractivity contribution >= 4 is 23.2 Å². The lowest BCUT2D eigenvalue weighted by Gasteiger charge is -2.14. The van der Waals surface area contributed by atoms with Gasteiger partial charge in [0, 0.05) is 28.0 Å². The fourth-order valence-electron chi connectivity index (χ4n) is 1.65. The third kappa shape index (κ3) is 2.80. The van der Waals surface area contributed by atoms with E-state index in [1.54, 1.807) is 24.4 Å². The van der Waals surface area contributed by atoms with Crippen molar-refractivity contribution in [3.63, 3.8) is 0 Å². The summed E-state index contributed by atoms with van der Waals surface area (Å²) in [4.78, 5) is 4.10. The predicted octanol–water partition coefficient (Wildman–Crippen LogP) is 3.23. The van der Waals surface area contributed by atoms with Gasteiger partial charge in [-0.1, -0.05) is 29.3 Å². The van der Waals surface area contributed by atoms with Crippen molar-refractivity contribution in [2.75, 3.05) is 0 Å². The molecule has 2 aromatic rings. The zero-order chi connectivity index (χ0) is 12.4. The maximum Gasteiger partial charge on any atom is 0.105 e. The highest BCUT2D eigenvalue weighted by atomic mass is 35.5. The van der Waals surface area contributed by atoms with Gasteiger partial charge in [0.15, 0.2) is 0 Å². The van der Waals surface area contributed by atoms with Crippen molar-refractivity contribution in [3.8, 4) is 0 Å². The molecule has 1 heterocycles. The number of benzene rings is 1. The molecule has 0 aliphatic rings. The molecule has 1 aromatic heterocycles. The maximum absolute atomic E-state index is 10.1. The Kier molecular flexibility index (Phi) is 3.72. The number of aliphatic hydroxyl groups is 1. The number of imidazole rings is 1. The van der Waals surface area contributed by atoms with Gasteiger partial charge in [-0.05, 0) is 19.1 Å². The first-order chi connectivity index (χ1) is 8.08. The maximum atomic E-state index is 10.1. The fourth-order valence-corrected chi connectivity index (χ4v) is 2.19. The molecule has 0 radical (unpaired) electrons. The summed E-state index contributed by atoms with van der Waals surface area (Å²) in [7, 11) is 0. The SMILES string of the molecule is Cc1nccn1CC(O)c1ccc(Cl)cc1Cl. The lowest BCUT2D eigenvalue weighted by atomic mass is 10.1. The summed E-state index contributed by atoms with van der Waals surface area (Å²) in [5.41, 5.74) is 0.671. The van der Waals surface area contributed by atoms with Crippen LogP contribution in [0.3, 0.4) is 0 Å². The van der Waals surface area contributed by atoms with E-state index in [0.29, 0.717) is 22.2 Å². The Labute approximate surface area is 110 Å². The number of halogens is 2. The van der Waals surface area contributed by atoms with Gasteiger partial charge in [0.1, 0.15) is 5.82 Å². The zero-order valence-corrected chi connectivity index (χ0v) is 10.8. The molecule has 0 aliphatic carbocycles. The molecule has 1 aromatic carbocycles. The van der Waals surface area contributed by atoms with E-state index < -0.39 is 6.10 Å². The summed E-state index contributed by atoms with van der Waals surface area (Å²) < 4.78 is 1.87. The average molecular weight is 271 g/mol. The second-order valence-electron chi connectivity index (χ2n) is 3.81. The van der Waals surface area contributed by atoms with E-state index in [1.165, 1.54) is 0 Å². The van der Waals surface area contributed by atoms with Crippen LogP contribution in [0.1, 0.15) is 17.5 Å². The number of rotatable bonds is 3.